The Morgan fingerprint density at radius 2 is 1.77 bits per heavy atom. The van der Waals surface area contributed by atoms with Crippen LogP contribution in [0.2, 0.25) is 0 Å². The molecule has 1 amide bonds. The predicted octanol–water partition coefficient (Wildman–Crippen LogP) is 2.58. The van der Waals surface area contributed by atoms with Crippen LogP contribution in [0.1, 0.15) is 42.6 Å². The van der Waals surface area contributed by atoms with Crippen molar-refractivity contribution < 1.29 is 17.9 Å². The van der Waals surface area contributed by atoms with Crippen molar-refractivity contribution in [2.24, 2.45) is 11.0 Å². The number of anilines is 1. The van der Waals surface area contributed by atoms with Gasteiger partial charge in [0.15, 0.2) is 0 Å². The number of rotatable bonds is 7. The van der Waals surface area contributed by atoms with Gasteiger partial charge in [-0.25, -0.2) is 13.8 Å². The van der Waals surface area contributed by atoms with Gasteiger partial charge in [-0.15, -0.1) is 0 Å². The fourth-order valence-corrected chi connectivity index (χ4v) is 6.32. The molecule has 0 spiro atoms. The Hall–Kier alpha value is -2.69. The third-order valence-electron chi connectivity index (χ3n) is 7.04. The van der Waals surface area contributed by atoms with E-state index in [2.05, 4.69) is 20.0 Å². The zero-order valence-corrected chi connectivity index (χ0v) is 21.2. The molecule has 1 N–H and O–H groups in total. The summed E-state index contributed by atoms with van der Waals surface area (Å²) in [5.74, 6) is 0.0613. The number of hydrogen-bond acceptors (Lipinski definition) is 6. The van der Waals surface area contributed by atoms with Crippen LogP contribution in [0.3, 0.4) is 0 Å². The molecule has 2 aliphatic heterocycles. The maximum absolute atomic E-state index is 13.4. The molecule has 0 bridgehead atoms. The molecule has 3 fully saturated rings. The van der Waals surface area contributed by atoms with Gasteiger partial charge in [-0.2, -0.15) is 9.41 Å². The Labute approximate surface area is 206 Å². The summed E-state index contributed by atoms with van der Waals surface area (Å²) in [4.78, 5) is 14.5. The summed E-state index contributed by atoms with van der Waals surface area (Å²) in [6.45, 7) is 7.44. The van der Waals surface area contributed by atoms with Crippen molar-refractivity contribution in [1.29, 1.82) is 0 Å². The SMILES string of the molecule is Cc1cc(/C=N/NC(=O)C2CC2)c(C)n1-c1cc(S(=O)(=O)N2CCOCC2)ccc1N1CCCC1. The molecule has 1 aliphatic carbocycles. The standard InChI is InChI=1S/C25H33N5O4S/c1-18-15-21(17-26-27-25(31)20-5-6-20)19(2)30(18)24-16-22(7-8-23(24)28-9-3-4-10-28)35(32,33)29-11-13-34-14-12-29/h7-8,15-17,20H,3-6,9-14H2,1-2H3,(H,27,31)/b26-17+. The molecule has 188 valence electrons. The number of hydrogen-bond donors (Lipinski definition) is 1. The molecule has 2 aromatic rings. The summed E-state index contributed by atoms with van der Waals surface area (Å²) in [6, 6.07) is 7.48. The minimum Gasteiger partial charge on any atom is -0.379 e. The average Bonchev–Trinajstić information content (AvgIpc) is 3.50. The van der Waals surface area contributed by atoms with Crippen LogP contribution < -0.4 is 10.3 Å². The van der Waals surface area contributed by atoms with E-state index >= 15 is 0 Å². The van der Waals surface area contributed by atoms with Gasteiger partial charge in [-0.05, 0) is 63.8 Å². The lowest BCUT2D eigenvalue weighted by molar-refractivity contribution is -0.122. The van der Waals surface area contributed by atoms with Crippen LogP contribution in [0, 0.1) is 19.8 Å². The summed E-state index contributed by atoms with van der Waals surface area (Å²) in [7, 11) is -3.63. The highest BCUT2D eigenvalue weighted by Gasteiger charge is 2.30. The normalized spacial score (nSPS) is 19.5. The summed E-state index contributed by atoms with van der Waals surface area (Å²) >= 11 is 0. The zero-order chi connectivity index (χ0) is 24.6. The van der Waals surface area contributed by atoms with E-state index in [1.54, 1.807) is 18.3 Å². The Morgan fingerprint density at radius 3 is 2.46 bits per heavy atom. The highest BCUT2D eigenvalue weighted by molar-refractivity contribution is 7.89. The molecule has 1 aromatic carbocycles. The topological polar surface area (TPSA) is 96.2 Å². The predicted molar refractivity (Wildman–Crippen MR) is 135 cm³/mol. The smallest absolute Gasteiger partial charge is 0.243 e. The summed E-state index contributed by atoms with van der Waals surface area (Å²) < 4.78 is 35.8. The van der Waals surface area contributed by atoms with Crippen LogP contribution in [0.5, 0.6) is 0 Å². The van der Waals surface area contributed by atoms with Crippen LogP contribution in [-0.2, 0) is 19.6 Å². The highest BCUT2D eigenvalue weighted by Crippen LogP contribution is 2.34. The van der Waals surface area contributed by atoms with Crippen molar-refractivity contribution >= 4 is 27.8 Å². The van der Waals surface area contributed by atoms with Gasteiger partial charge in [0.1, 0.15) is 0 Å². The fourth-order valence-electron chi connectivity index (χ4n) is 4.90. The van der Waals surface area contributed by atoms with E-state index in [9.17, 15) is 13.2 Å². The monoisotopic (exact) mass is 499 g/mol. The molecule has 1 aromatic heterocycles. The van der Waals surface area contributed by atoms with E-state index in [4.69, 9.17) is 4.74 Å². The van der Waals surface area contributed by atoms with Crippen molar-refractivity contribution in [2.45, 2.75) is 44.4 Å². The summed E-state index contributed by atoms with van der Waals surface area (Å²) in [5, 5.41) is 4.17. The largest absolute Gasteiger partial charge is 0.379 e. The van der Waals surface area contributed by atoms with Gasteiger partial charge >= 0.3 is 0 Å². The first-order chi connectivity index (χ1) is 16.9. The van der Waals surface area contributed by atoms with Crippen LogP contribution in [0.4, 0.5) is 5.69 Å². The van der Waals surface area contributed by atoms with Crippen LogP contribution in [0.25, 0.3) is 5.69 Å². The number of aromatic nitrogens is 1. The van der Waals surface area contributed by atoms with Crippen molar-refractivity contribution in [3.63, 3.8) is 0 Å². The highest BCUT2D eigenvalue weighted by atomic mass is 32.2. The zero-order valence-electron chi connectivity index (χ0n) is 20.4. The third kappa shape index (κ3) is 4.87. The van der Waals surface area contributed by atoms with E-state index in [1.807, 2.05) is 26.0 Å². The van der Waals surface area contributed by atoms with Gasteiger partial charge in [-0.3, -0.25) is 4.79 Å². The summed E-state index contributed by atoms with van der Waals surface area (Å²) in [5.41, 5.74) is 7.29. The van der Waals surface area contributed by atoms with Gasteiger partial charge in [0.25, 0.3) is 0 Å². The molecule has 5 rings (SSSR count). The molecule has 35 heavy (non-hydrogen) atoms. The first kappa shape index (κ1) is 24.0. The van der Waals surface area contributed by atoms with E-state index in [-0.39, 0.29) is 16.7 Å². The fraction of sp³-hybridized carbons (Fsp3) is 0.520. The number of sulfonamides is 1. The van der Waals surface area contributed by atoms with Gasteiger partial charge in [-0.1, -0.05) is 0 Å². The number of nitrogens with one attached hydrogen (secondary N) is 1. The molecule has 1 saturated carbocycles. The molecule has 0 atom stereocenters. The first-order valence-corrected chi connectivity index (χ1v) is 13.8. The lowest BCUT2D eigenvalue weighted by Gasteiger charge is -2.28. The minimum atomic E-state index is -3.63. The number of nitrogens with zero attached hydrogens (tertiary/aromatic N) is 4. The molecule has 0 unspecified atom stereocenters. The van der Waals surface area contributed by atoms with Crippen molar-refractivity contribution in [3.05, 3.63) is 41.2 Å². The Bertz CT molecular complexity index is 1240. The van der Waals surface area contributed by atoms with E-state index in [0.717, 1.165) is 67.1 Å². The molecule has 9 nitrogen and oxygen atoms in total. The van der Waals surface area contributed by atoms with Crippen molar-refractivity contribution in [3.8, 4) is 5.69 Å². The number of ether oxygens (including phenoxy) is 1. The van der Waals surface area contributed by atoms with E-state index in [1.165, 1.54) is 4.31 Å². The first-order valence-electron chi connectivity index (χ1n) is 12.4. The second-order valence-corrected chi connectivity index (χ2v) is 11.5. The number of carbonyl (C=O) groups excluding carboxylic acids is 1. The Morgan fingerprint density at radius 1 is 1.06 bits per heavy atom. The van der Waals surface area contributed by atoms with Crippen molar-refractivity contribution in [1.82, 2.24) is 14.3 Å². The molecular weight excluding hydrogens is 466 g/mol. The number of benzene rings is 1. The maximum atomic E-state index is 13.4. The Kier molecular flexibility index (Phi) is 6.69. The van der Waals surface area contributed by atoms with Crippen LogP contribution in [-0.4, -0.2) is 68.8 Å². The number of morpholine rings is 1. The number of aryl methyl sites for hydroxylation is 1. The van der Waals surface area contributed by atoms with Gasteiger partial charge in [0.2, 0.25) is 15.9 Å². The molecule has 0 radical (unpaired) electrons. The van der Waals surface area contributed by atoms with E-state index < -0.39 is 10.0 Å². The van der Waals surface area contributed by atoms with Gasteiger partial charge in [0, 0.05) is 49.0 Å². The number of amides is 1. The third-order valence-corrected chi connectivity index (χ3v) is 8.93. The second kappa shape index (κ2) is 9.75. The molecule has 3 aliphatic rings. The average molecular weight is 500 g/mol. The quantitative estimate of drug-likeness (QED) is 0.467. The van der Waals surface area contributed by atoms with E-state index in [0.29, 0.717) is 26.3 Å². The van der Waals surface area contributed by atoms with Gasteiger partial charge < -0.3 is 14.2 Å². The van der Waals surface area contributed by atoms with Gasteiger partial charge in [0.05, 0.1) is 35.7 Å². The molecular formula is C25H33N5O4S. The number of carbonyl (C=O) groups is 1. The molecule has 10 heteroatoms. The maximum Gasteiger partial charge on any atom is 0.243 e. The lowest BCUT2D eigenvalue weighted by Crippen LogP contribution is -2.40. The molecule has 3 heterocycles. The van der Waals surface area contributed by atoms with Crippen molar-refractivity contribution in [2.75, 3.05) is 44.3 Å². The lowest BCUT2D eigenvalue weighted by atomic mass is 10.2. The van der Waals surface area contributed by atoms with Crippen LogP contribution in [0.15, 0.2) is 34.3 Å². The summed E-state index contributed by atoms with van der Waals surface area (Å²) in [6.07, 6.45) is 5.77. The minimum absolute atomic E-state index is 0.0348. The van der Waals surface area contributed by atoms with Crippen LogP contribution >= 0.6 is 0 Å². The second-order valence-electron chi connectivity index (χ2n) is 9.53. The molecule has 2 saturated heterocycles. The number of hydrazone groups is 1. The Balaban J connectivity index is 1.53.